The molecule has 2 amide bonds. The third-order valence-electron chi connectivity index (χ3n) is 8.25. The second-order valence-electron chi connectivity index (χ2n) is 12.2. The van der Waals surface area contributed by atoms with Crippen LogP contribution < -0.4 is 21.3 Å². The lowest BCUT2D eigenvalue weighted by Gasteiger charge is -2.15. The van der Waals surface area contributed by atoms with Crippen LogP contribution in [0.15, 0.2) is 119 Å². The molecule has 1 aromatic heterocycles. The van der Waals surface area contributed by atoms with E-state index in [1.165, 1.54) is 24.3 Å². The van der Waals surface area contributed by atoms with Gasteiger partial charge in [0.05, 0.1) is 22.5 Å². The van der Waals surface area contributed by atoms with Crippen molar-refractivity contribution in [3.8, 4) is 0 Å². The summed E-state index contributed by atoms with van der Waals surface area (Å²) in [5.74, 6) is -3.16. The van der Waals surface area contributed by atoms with Gasteiger partial charge >= 0.3 is 0 Å². The van der Waals surface area contributed by atoms with Crippen molar-refractivity contribution < 1.29 is 22.8 Å². The highest BCUT2D eigenvalue weighted by Crippen LogP contribution is 2.30. The van der Waals surface area contributed by atoms with Gasteiger partial charge in [0.25, 0.3) is 11.8 Å². The van der Waals surface area contributed by atoms with Crippen LogP contribution in [0.25, 0.3) is 0 Å². The number of hydrogen-bond donors (Lipinski definition) is 4. The summed E-state index contributed by atoms with van der Waals surface area (Å²) >= 11 is 7.21. The first-order chi connectivity index (χ1) is 26.0. The highest BCUT2D eigenvalue weighted by Gasteiger charge is 2.20. The molecule has 0 aliphatic rings. The average molecular weight is 926 g/mol. The second-order valence-corrected chi connectivity index (χ2v) is 15.4. The maximum atomic E-state index is 14.4. The highest BCUT2D eigenvalue weighted by molar-refractivity contribution is 14.1. The van der Waals surface area contributed by atoms with E-state index in [-0.39, 0.29) is 23.0 Å². The van der Waals surface area contributed by atoms with E-state index in [1.54, 1.807) is 23.5 Å². The van der Waals surface area contributed by atoms with Gasteiger partial charge < -0.3 is 21.3 Å². The van der Waals surface area contributed by atoms with Gasteiger partial charge in [0.15, 0.2) is 11.6 Å². The summed E-state index contributed by atoms with van der Waals surface area (Å²) in [5, 5.41) is 13.7. The standard InChI is InChI=1S/C22H20FIN2O.C20H17BrF2N2OS/c1-15-13-18(24)8-10-20(15)26-21-14-17(23)7-9-19(21)22(27)25-12-11-16-5-3-2-4-6-16;1-12-11-13(21)4-7-17(12)25-19-15(5-6-16(22)18(19)23)20(26)24-9-8-14-3-2-10-27-14/h2-10,13-14,26H,11-12H2,1H3,(H,25,27);2-7,10-11,25H,8-9H2,1H3,(H,24,26). The normalized spacial score (nSPS) is 10.6. The Balaban J connectivity index is 0.000000208. The Morgan fingerprint density at radius 1 is 0.685 bits per heavy atom. The largest absolute Gasteiger partial charge is 0.355 e. The van der Waals surface area contributed by atoms with Gasteiger partial charge in [0.2, 0.25) is 0 Å². The monoisotopic (exact) mass is 924 g/mol. The topological polar surface area (TPSA) is 82.3 Å². The van der Waals surface area contributed by atoms with E-state index in [0.717, 1.165) is 47.8 Å². The number of aryl methyl sites for hydroxylation is 2. The number of anilines is 4. The van der Waals surface area contributed by atoms with Crippen LogP contribution in [-0.4, -0.2) is 24.9 Å². The third kappa shape index (κ3) is 11.4. The fraction of sp³-hybridized carbons (Fsp3) is 0.143. The molecule has 12 heteroatoms. The second kappa shape index (κ2) is 19.6. The molecule has 0 saturated carbocycles. The number of rotatable bonds is 12. The molecule has 6 rings (SSSR count). The van der Waals surface area contributed by atoms with E-state index in [2.05, 4.69) is 59.8 Å². The predicted octanol–water partition coefficient (Wildman–Crippen LogP) is 11.3. The molecule has 0 spiro atoms. The van der Waals surface area contributed by atoms with Crippen LogP contribution in [0, 0.1) is 34.9 Å². The maximum Gasteiger partial charge on any atom is 0.253 e. The Morgan fingerprint density at radius 3 is 2.06 bits per heavy atom. The van der Waals surface area contributed by atoms with Crippen molar-refractivity contribution in [2.45, 2.75) is 26.7 Å². The first-order valence-electron chi connectivity index (χ1n) is 16.9. The van der Waals surface area contributed by atoms with Gasteiger partial charge in [-0.1, -0.05) is 52.3 Å². The Morgan fingerprint density at radius 2 is 1.35 bits per heavy atom. The lowest BCUT2D eigenvalue weighted by molar-refractivity contribution is 0.0946. The zero-order valence-corrected chi connectivity index (χ0v) is 34.0. The summed E-state index contributed by atoms with van der Waals surface area (Å²) in [5.41, 5.74) is 5.22. The summed E-state index contributed by atoms with van der Waals surface area (Å²) < 4.78 is 44.0. The molecule has 0 aliphatic carbocycles. The summed E-state index contributed by atoms with van der Waals surface area (Å²) in [4.78, 5) is 26.3. The first kappa shape index (κ1) is 40.5. The first-order valence-corrected chi connectivity index (χ1v) is 19.7. The van der Waals surface area contributed by atoms with Crippen molar-refractivity contribution in [1.82, 2.24) is 10.6 Å². The van der Waals surface area contributed by atoms with E-state index in [4.69, 9.17) is 0 Å². The number of nitrogens with one attached hydrogen (secondary N) is 4. The van der Waals surface area contributed by atoms with Gasteiger partial charge in [-0.2, -0.15) is 0 Å². The van der Waals surface area contributed by atoms with Crippen LogP contribution in [0.1, 0.15) is 42.3 Å². The quantitative estimate of drug-likeness (QED) is 0.0922. The zero-order chi connectivity index (χ0) is 38.6. The van der Waals surface area contributed by atoms with Crippen molar-refractivity contribution in [2.75, 3.05) is 23.7 Å². The SMILES string of the molecule is Cc1cc(Br)ccc1Nc1c(C(=O)NCCc2cccs2)ccc(F)c1F.Cc1cc(I)ccc1Nc1cc(F)ccc1C(=O)NCCc1ccccc1. The fourth-order valence-electron chi connectivity index (χ4n) is 5.40. The van der Waals surface area contributed by atoms with Crippen LogP contribution >= 0.6 is 49.9 Å². The van der Waals surface area contributed by atoms with Crippen molar-refractivity contribution in [1.29, 1.82) is 0 Å². The van der Waals surface area contributed by atoms with E-state index >= 15 is 0 Å². The minimum absolute atomic E-state index is 0.0578. The zero-order valence-electron chi connectivity index (χ0n) is 29.4. The number of thiophene rings is 1. The van der Waals surface area contributed by atoms with Gasteiger partial charge in [-0.3, -0.25) is 9.59 Å². The minimum atomic E-state index is -1.08. The van der Waals surface area contributed by atoms with Crippen LogP contribution in [0.3, 0.4) is 0 Å². The lowest BCUT2D eigenvalue weighted by Crippen LogP contribution is -2.26. The summed E-state index contributed by atoms with van der Waals surface area (Å²) in [7, 11) is 0. The van der Waals surface area contributed by atoms with Crippen LogP contribution in [0.5, 0.6) is 0 Å². The van der Waals surface area contributed by atoms with Crippen LogP contribution in [-0.2, 0) is 12.8 Å². The summed E-state index contributed by atoms with van der Waals surface area (Å²) in [6.45, 7) is 4.74. The van der Waals surface area contributed by atoms with Crippen molar-refractivity contribution >= 4 is 84.4 Å². The van der Waals surface area contributed by atoms with E-state index in [9.17, 15) is 22.8 Å². The smallest absolute Gasteiger partial charge is 0.253 e. The minimum Gasteiger partial charge on any atom is -0.355 e. The molecule has 4 N–H and O–H groups in total. The molecule has 0 fully saturated rings. The molecule has 0 bridgehead atoms. The van der Waals surface area contributed by atoms with E-state index < -0.39 is 17.5 Å². The molecule has 5 aromatic carbocycles. The molecule has 0 radical (unpaired) electrons. The summed E-state index contributed by atoms with van der Waals surface area (Å²) in [6.07, 6.45) is 1.43. The molecule has 0 atom stereocenters. The van der Waals surface area contributed by atoms with Crippen molar-refractivity contribution in [3.63, 3.8) is 0 Å². The summed E-state index contributed by atoms with van der Waals surface area (Å²) in [6, 6.07) is 31.6. The molecule has 54 heavy (non-hydrogen) atoms. The predicted molar refractivity (Wildman–Crippen MR) is 225 cm³/mol. The highest BCUT2D eigenvalue weighted by atomic mass is 127. The number of halogens is 5. The number of hydrogen-bond acceptors (Lipinski definition) is 5. The van der Waals surface area contributed by atoms with Gasteiger partial charge in [0.1, 0.15) is 5.82 Å². The Labute approximate surface area is 338 Å². The Bertz CT molecular complexity index is 2220. The number of carbonyl (C=O) groups is 2. The molecule has 6 aromatic rings. The molecule has 0 saturated heterocycles. The molecule has 278 valence electrons. The molecule has 0 unspecified atom stereocenters. The van der Waals surface area contributed by atoms with Crippen molar-refractivity contribution in [2.24, 2.45) is 0 Å². The van der Waals surface area contributed by atoms with E-state index in [0.29, 0.717) is 36.4 Å². The van der Waals surface area contributed by atoms with Crippen LogP contribution in [0.4, 0.5) is 35.9 Å². The molecule has 6 nitrogen and oxygen atoms in total. The Hall–Kier alpha value is -4.66. The van der Waals surface area contributed by atoms with Gasteiger partial charge in [-0.25, -0.2) is 13.2 Å². The average Bonchev–Trinajstić information content (AvgIpc) is 3.67. The number of carbonyl (C=O) groups excluding carboxylic acids is 2. The van der Waals surface area contributed by atoms with Gasteiger partial charge in [-0.05, 0) is 144 Å². The maximum absolute atomic E-state index is 14.4. The fourth-order valence-corrected chi connectivity index (χ4v) is 7.24. The van der Waals surface area contributed by atoms with E-state index in [1.807, 2.05) is 86.0 Å². The number of benzene rings is 5. The third-order valence-corrected chi connectivity index (χ3v) is 10.4. The van der Waals surface area contributed by atoms with Gasteiger partial charge in [-0.15, -0.1) is 11.3 Å². The molecular weight excluding hydrogens is 888 g/mol. The Kier molecular flexibility index (Phi) is 14.7. The molecular formula is C42H37BrF3IN4O2S. The lowest BCUT2D eigenvalue weighted by atomic mass is 10.1. The number of amides is 2. The van der Waals surface area contributed by atoms with Crippen LogP contribution in [0.2, 0.25) is 0 Å². The van der Waals surface area contributed by atoms with Gasteiger partial charge in [0, 0.05) is 37.4 Å². The van der Waals surface area contributed by atoms with Crippen molar-refractivity contribution in [3.05, 3.63) is 173 Å². The molecule has 0 aliphatic heterocycles. The molecule has 1 heterocycles.